The Kier molecular flexibility index (Phi) is 6.57. The molecule has 1 amide bonds. The number of carboxylic acid groups (broad SMARTS) is 1. The van der Waals surface area contributed by atoms with Crippen molar-refractivity contribution in [3.63, 3.8) is 0 Å². The number of nitrogens with one attached hydrogen (secondary N) is 1. The highest BCUT2D eigenvalue weighted by Crippen LogP contribution is 2.40. The van der Waals surface area contributed by atoms with Crippen LogP contribution < -0.4 is 5.32 Å². The Bertz CT molecular complexity index is 1420. The van der Waals surface area contributed by atoms with Crippen molar-refractivity contribution in [2.75, 3.05) is 0 Å². The summed E-state index contributed by atoms with van der Waals surface area (Å²) >= 11 is 7.51. The molecule has 0 fully saturated rings. The predicted molar refractivity (Wildman–Crippen MR) is 134 cm³/mol. The van der Waals surface area contributed by atoms with Gasteiger partial charge in [0.05, 0.1) is 35.2 Å². The van der Waals surface area contributed by atoms with Gasteiger partial charge in [-0.05, 0) is 73.7 Å². The zero-order valence-electron chi connectivity index (χ0n) is 18.5. The molecule has 35 heavy (non-hydrogen) atoms. The molecule has 3 heterocycles. The third-order valence-corrected chi connectivity index (χ3v) is 7.33. The lowest BCUT2D eigenvalue weighted by Crippen LogP contribution is -2.23. The Labute approximate surface area is 210 Å². The first kappa shape index (κ1) is 23.1. The third kappa shape index (κ3) is 4.94. The van der Waals surface area contributed by atoms with Crippen LogP contribution in [0, 0.1) is 0 Å². The van der Waals surface area contributed by atoms with Crippen LogP contribution in [0.4, 0.5) is 5.00 Å². The van der Waals surface area contributed by atoms with E-state index in [2.05, 4.69) is 10.3 Å². The number of hydrogen-bond donors (Lipinski definition) is 2. The van der Waals surface area contributed by atoms with Crippen molar-refractivity contribution in [3.8, 4) is 11.3 Å². The number of nitrogens with zero attached hydrogens (tertiary/aromatic N) is 1. The molecular formula is C26H21ClN2O5S. The Balaban J connectivity index is 1.40. The molecule has 0 atom stereocenters. The molecule has 1 aliphatic carbocycles. The average Bonchev–Trinajstić information content (AvgIpc) is 3.61. The summed E-state index contributed by atoms with van der Waals surface area (Å²) in [6, 6.07) is 11.8. The third-order valence-electron chi connectivity index (χ3n) is 5.80. The van der Waals surface area contributed by atoms with Gasteiger partial charge in [-0.15, -0.1) is 11.3 Å². The highest BCUT2D eigenvalue weighted by atomic mass is 35.5. The Morgan fingerprint density at radius 2 is 2.03 bits per heavy atom. The first-order valence-electron chi connectivity index (χ1n) is 11.1. The molecule has 0 unspecified atom stereocenters. The lowest BCUT2D eigenvalue weighted by atomic mass is 9.95. The smallest absolute Gasteiger partial charge is 0.337 e. The summed E-state index contributed by atoms with van der Waals surface area (Å²) in [7, 11) is 0. The van der Waals surface area contributed by atoms with Crippen LogP contribution in [0.3, 0.4) is 0 Å². The van der Waals surface area contributed by atoms with Crippen LogP contribution in [0.25, 0.3) is 11.3 Å². The molecule has 0 spiro atoms. The highest BCUT2D eigenvalue weighted by Gasteiger charge is 2.25. The highest BCUT2D eigenvalue weighted by molar-refractivity contribution is 7.16. The number of hydrogen-bond acceptors (Lipinski definition) is 6. The van der Waals surface area contributed by atoms with E-state index in [1.165, 1.54) is 28.3 Å². The Morgan fingerprint density at radius 3 is 2.83 bits per heavy atom. The van der Waals surface area contributed by atoms with E-state index in [4.69, 9.17) is 20.4 Å². The molecular weight excluding hydrogens is 488 g/mol. The van der Waals surface area contributed by atoms with Crippen LogP contribution in [0.2, 0.25) is 5.02 Å². The molecule has 0 saturated carbocycles. The maximum Gasteiger partial charge on any atom is 0.337 e. The lowest BCUT2D eigenvalue weighted by molar-refractivity contribution is 0.0697. The van der Waals surface area contributed by atoms with E-state index in [9.17, 15) is 14.7 Å². The minimum absolute atomic E-state index is 0.00477. The number of rotatable bonds is 7. The number of benzene rings is 1. The quantitative estimate of drug-likeness (QED) is 0.277. The van der Waals surface area contributed by atoms with E-state index < -0.39 is 5.97 Å². The van der Waals surface area contributed by atoms with E-state index in [-0.39, 0.29) is 16.5 Å². The van der Waals surface area contributed by atoms with E-state index in [0.29, 0.717) is 40.0 Å². The van der Waals surface area contributed by atoms with Crippen LogP contribution in [0.5, 0.6) is 0 Å². The van der Waals surface area contributed by atoms with Crippen LogP contribution >= 0.6 is 22.9 Å². The van der Waals surface area contributed by atoms with E-state index in [1.54, 1.807) is 36.7 Å². The minimum atomic E-state index is -1.11. The van der Waals surface area contributed by atoms with Crippen molar-refractivity contribution in [1.29, 1.82) is 0 Å². The monoisotopic (exact) mass is 508 g/mol. The van der Waals surface area contributed by atoms with Crippen molar-refractivity contribution in [1.82, 2.24) is 5.32 Å². The summed E-state index contributed by atoms with van der Waals surface area (Å²) in [5, 5.41) is 13.1. The molecule has 2 N–H and O–H groups in total. The fraction of sp³-hybridized carbons (Fsp3) is 0.192. The maximum atomic E-state index is 13.1. The number of aryl methyl sites for hydroxylation is 1. The maximum absolute atomic E-state index is 13.1. The van der Waals surface area contributed by atoms with Crippen molar-refractivity contribution in [2.45, 2.75) is 32.2 Å². The topological polar surface area (TPSA) is 105 Å². The van der Waals surface area contributed by atoms with Gasteiger partial charge in [0.15, 0.2) is 0 Å². The molecule has 0 bridgehead atoms. The number of furan rings is 2. The molecule has 1 aliphatic rings. The van der Waals surface area contributed by atoms with E-state index in [0.717, 1.165) is 31.2 Å². The van der Waals surface area contributed by atoms with Gasteiger partial charge in [0, 0.05) is 10.4 Å². The summed E-state index contributed by atoms with van der Waals surface area (Å²) < 4.78 is 11.2. The van der Waals surface area contributed by atoms with Gasteiger partial charge in [0.2, 0.25) is 0 Å². The Morgan fingerprint density at radius 1 is 1.17 bits per heavy atom. The summed E-state index contributed by atoms with van der Waals surface area (Å²) in [6.07, 6.45) is 7.11. The molecule has 0 saturated heterocycles. The van der Waals surface area contributed by atoms with Crippen LogP contribution in [0.1, 0.15) is 55.5 Å². The number of carbonyl (C=O) groups excluding carboxylic acids is 1. The van der Waals surface area contributed by atoms with Crippen molar-refractivity contribution in [2.24, 2.45) is 4.99 Å². The van der Waals surface area contributed by atoms with Gasteiger partial charge < -0.3 is 19.3 Å². The normalized spacial score (nSPS) is 13.2. The van der Waals surface area contributed by atoms with Gasteiger partial charge in [-0.2, -0.15) is 0 Å². The number of aromatic carboxylic acids is 1. The van der Waals surface area contributed by atoms with Gasteiger partial charge in [0.25, 0.3) is 5.91 Å². The molecule has 3 aromatic heterocycles. The number of thiophene rings is 1. The SMILES string of the molecule is O=C(O)c1cc(-c2ccc(C=Nc3sc4c(c3C(=O)NCc3ccco3)CCCC4)o2)ccc1Cl. The van der Waals surface area contributed by atoms with E-state index in [1.807, 2.05) is 6.07 Å². The minimum Gasteiger partial charge on any atom is -0.478 e. The average molecular weight is 509 g/mol. The molecule has 178 valence electrons. The van der Waals surface area contributed by atoms with Crippen molar-refractivity contribution >= 4 is 46.0 Å². The molecule has 0 aliphatic heterocycles. The Hall–Kier alpha value is -3.62. The van der Waals surface area contributed by atoms with Gasteiger partial charge >= 0.3 is 5.97 Å². The van der Waals surface area contributed by atoms with Gasteiger partial charge in [-0.25, -0.2) is 9.79 Å². The second-order valence-electron chi connectivity index (χ2n) is 8.11. The van der Waals surface area contributed by atoms with Gasteiger partial charge in [-0.3, -0.25) is 4.79 Å². The molecule has 7 nitrogen and oxygen atoms in total. The van der Waals surface area contributed by atoms with Crippen LogP contribution in [-0.4, -0.2) is 23.2 Å². The summed E-state index contributed by atoms with van der Waals surface area (Å²) in [5.41, 5.74) is 2.29. The zero-order valence-corrected chi connectivity index (χ0v) is 20.1. The summed E-state index contributed by atoms with van der Waals surface area (Å²) in [4.78, 5) is 30.3. The summed E-state index contributed by atoms with van der Waals surface area (Å²) in [5.74, 6) is 0.386. The molecule has 9 heteroatoms. The van der Waals surface area contributed by atoms with Crippen molar-refractivity contribution < 1.29 is 23.5 Å². The molecule has 1 aromatic carbocycles. The number of aliphatic imine (C=N–C) groups is 1. The fourth-order valence-electron chi connectivity index (χ4n) is 4.09. The first-order valence-corrected chi connectivity index (χ1v) is 12.3. The predicted octanol–water partition coefficient (Wildman–Crippen LogP) is 6.51. The van der Waals surface area contributed by atoms with Crippen LogP contribution in [0.15, 0.2) is 62.6 Å². The second kappa shape index (κ2) is 9.93. The standard InChI is InChI=1S/C26H21ClN2O5S/c27-20-9-7-15(12-19(20)26(31)32)21-10-8-17(34-21)14-29-25-23(18-5-1-2-6-22(18)35-25)24(30)28-13-16-4-3-11-33-16/h3-4,7-12,14H,1-2,5-6,13H2,(H,28,30)(H,31,32). The number of fused-ring (bicyclic) bond motifs is 1. The molecule has 4 aromatic rings. The van der Waals surface area contributed by atoms with Gasteiger partial charge in [-0.1, -0.05) is 11.6 Å². The number of carbonyl (C=O) groups is 2. The fourth-order valence-corrected chi connectivity index (χ4v) is 5.52. The van der Waals surface area contributed by atoms with Crippen molar-refractivity contribution in [3.05, 3.63) is 86.8 Å². The molecule has 5 rings (SSSR count). The molecule has 0 radical (unpaired) electrons. The number of carboxylic acids is 1. The summed E-state index contributed by atoms with van der Waals surface area (Å²) in [6.45, 7) is 0.306. The van der Waals surface area contributed by atoms with E-state index >= 15 is 0 Å². The second-order valence-corrected chi connectivity index (χ2v) is 9.60. The first-order chi connectivity index (χ1) is 17.0. The van der Waals surface area contributed by atoms with Gasteiger partial charge in [0.1, 0.15) is 22.3 Å². The largest absolute Gasteiger partial charge is 0.478 e. The number of halogens is 1. The zero-order chi connectivity index (χ0) is 24.4. The lowest BCUT2D eigenvalue weighted by Gasteiger charge is -2.12. The van der Waals surface area contributed by atoms with Crippen LogP contribution in [-0.2, 0) is 19.4 Å². The number of amides is 1.